The van der Waals surface area contributed by atoms with Gasteiger partial charge in [0.25, 0.3) is 0 Å². The van der Waals surface area contributed by atoms with Crippen LogP contribution in [-0.4, -0.2) is 0 Å². The zero-order valence-corrected chi connectivity index (χ0v) is 19.0. The number of benzene rings is 4. The molecule has 4 aromatic carbocycles. The Bertz CT molecular complexity index is 1100. The average Bonchev–Trinajstić information content (AvgIpc) is 2.80. The first-order valence-electron chi connectivity index (χ1n) is 10.6. The molecule has 0 spiro atoms. The van der Waals surface area contributed by atoms with Gasteiger partial charge in [-0.15, -0.1) is 0 Å². The molecule has 0 unspecified atom stereocenters. The SMILES string of the molecule is Cc1cc(C=Cc2ccccc2)ccc1Pc1ccc(C=Cc2ccccc2)cc1C. The van der Waals surface area contributed by atoms with Crippen LogP contribution in [0.3, 0.4) is 0 Å². The van der Waals surface area contributed by atoms with Gasteiger partial charge in [-0.05, 0) is 57.8 Å². The third-order valence-corrected chi connectivity index (χ3v) is 6.97. The molecule has 4 aromatic rings. The smallest absolute Gasteiger partial charge is 0.0197 e. The normalized spacial score (nSPS) is 11.8. The first kappa shape index (κ1) is 21.0. The van der Waals surface area contributed by atoms with Crippen molar-refractivity contribution >= 4 is 43.5 Å². The predicted molar refractivity (Wildman–Crippen MR) is 141 cm³/mol. The molecule has 0 amide bonds. The van der Waals surface area contributed by atoms with Crippen LogP contribution in [0.4, 0.5) is 0 Å². The van der Waals surface area contributed by atoms with Crippen LogP contribution in [0.1, 0.15) is 33.4 Å². The van der Waals surface area contributed by atoms with Crippen LogP contribution in [0.5, 0.6) is 0 Å². The summed E-state index contributed by atoms with van der Waals surface area (Å²) in [5, 5.41) is 2.82. The maximum Gasteiger partial charge on any atom is -0.0197 e. The van der Waals surface area contributed by atoms with E-state index in [0.29, 0.717) is 8.58 Å². The molecule has 0 N–H and O–H groups in total. The monoisotopic (exact) mass is 418 g/mol. The molecule has 0 bridgehead atoms. The fourth-order valence-corrected chi connectivity index (χ4v) is 4.68. The molecule has 0 aliphatic heterocycles. The van der Waals surface area contributed by atoms with Crippen LogP contribution in [0.25, 0.3) is 24.3 Å². The average molecular weight is 419 g/mol. The lowest BCUT2D eigenvalue weighted by atomic mass is 10.1. The van der Waals surface area contributed by atoms with E-state index in [9.17, 15) is 0 Å². The Morgan fingerprint density at radius 2 is 0.839 bits per heavy atom. The van der Waals surface area contributed by atoms with Crippen LogP contribution >= 0.6 is 8.58 Å². The van der Waals surface area contributed by atoms with Crippen molar-refractivity contribution in [1.82, 2.24) is 0 Å². The molecule has 0 fully saturated rings. The highest BCUT2D eigenvalue weighted by atomic mass is 31.1. The highest BCUT2D eigenvalue weighted by Crippen LogP contribution is 2.20. The summed E-state index contributed by atoms with van der Waals surface area (Å²) in [6.07, 6.45) is 8.72. The minimum absolute atomic E-state index is 0.669. The Morgan fingerprint density at radius 1 is 0.452 bits per heavy atom. The molecule has 0 atom stereocenters. The highest BCUT2D eigenvalue weighted by Gasteiger charge is 2.04. The third kappa shape index (κ3) is 5.91. The van der Waals surface area contributed by atoms with Gasteiger partial charge in [-0.25, -0.2) is 0 Å². The standard InChI is InChI=1S/C30H27P/c1-23-21-27(15-13-25-9-5-3-6-10-25)17-19-29(23)31-30-20-18-28(22-24(30)2)16-14-26-11-7-4-8-12-26/h3-22,31H,1-2H3. The first-order valence-corrected chi connectivity index (χ1v) is 11.6. The summed E-state index contributed by atoms with van der Waals surface area (Å²) in [6.45, 7) is 4.43. The predicted octanol–water partition coefficient (Wildman–Crippen LogP) is 7.27. The molecule has 0 saturated carbocycles. The quantitative estimate of drug-likeness (QED) is 0.228. The summed E-state index contributed by atoms with van der Waals surface area (Å²) >= 11 is 0. The number of rotatable bonds is 6. The zero-order valence-electron chi connectivity index (χ0n) is 18.0. The number of aryl methyl sites for hydroxylation is 2. The molecule has 4 rings (SSSR count). The summed E-state index contributed by atoms with van der Waals surface area (Å²) < 4.78 is 0. The van der Waals surface area contributed by atoms with Gasteiger partial charge < -0.3 is 0 Å². The number of hydrogen-bond donors (Lipinski definition) is 0. The first-order chi connectivity index (χ1) is 15.2. The van der Waals surface area contributed by atoms with Gasteiger partial charge in [-0.2, -0.15) is 0 Å². The molecule has 0 heterocycles. The van der Waals surface area contributed by atoms with E-state index >= 15 is 0 Å². The van der Waals surface area contributed by atoms with Crippen molar-refractivity contribution in [1.29, 1.82) is 0 Å². The summed E-state index contributed by atoms with van der Waals surface area (Å²) in [5.74, 6) is 0. The van der Waals surface area contributed by atoms with E-state index in [-0.39, 0.29) is 0 Å². The third-order valence-electron chi connectivity index (χ3n) is 5.31. The van der Waals surface area contributed by atoms with Gasteiger partial charge in [0.2, 0.25) is 0 Å². The van der Waals surface area contributed by atoms with Crippen LogP contribution in [0.15, 0.2) is 97.1 Å². The summed E-state index contributed by atoms with van der Waals surface area (Å²) in [7, 11) is 0.669. The molecule has 0 nitrogen and oxygen atoms in total. The molecule has 0 saturated heterocycles. The zero-order chi connectivity index (χ0) is 21.5. The Hall–Kier alpha value is -3.21. The molecule has 0 radical (unpaired) electrons. The van der Waals surface area contributed by atoms with Crippen LogP contribution in [0, 0.1) is 13.8 Å². The van der Waals surface area contributed by atoms with Crippen LogP contribution in [-0.2, 0) is 0 Å². The van der Waals surface area contributed by atoms with Gasteiger partial charge in [0, 0.05) is 0 Å². The molecule has 31 heavy (non-hydrogen) atoms. The Morgan fingerprint density at radius 3 is 1.23 bits per heavy atom. The Kier molecular flexibility index (Phi) is 6.92. The van der Waals surface area contributed by atoms with Crippen molar-refractivity contribution in [2.45, 2.75) is 13.8 Å². The minimum atomic E-state index is 0.669. The lowest BCUT2D eigenvalue weighted by Gasteiger charge is -2.11. The largest absolute Gasteiger partial charge is 0.0622 e. The van der Waals surface area contributed by atoms with E-state index < -0.39 is 0 Å². The molecule has 1 heteroatoms. The number of hydrogen-bond acceptors (Lipinski definition) is 0. The topological polar surface area (TPSA) is 0 Å². The van der Waals surface area contributed by atoms with Gasteiger partial charge in [-0.3, -0.25) is 0 Å². The van der Waals surface area contributed by atoms with Gasteiger partial charge in [0.05, 0.1) is 0 Å². The molecule has 0 aliphatic carbocycles. The van der Waals surface area contributed by atoms with Crippen LogP contribution < -0.4 is 10.6 Å². The maximum atomic E-state index is 2.29. The Balaban J connectivity index is 1.46. The summed E-state index contributed by atoms with van der Waals surface area (Å²) in [4.78, 5) is 0. The van der Waals surface area contributed by atoms with Crippen molar-refractivity contribution in [3.8, 4) is 0 Å². The second kappa shape index (κ2) is 10.2. The highest BCUT2D eigenvalue weighted by molar-refractivity contribution is 7.55. The molecular formula is C30H27P. The van der Waals surface area contributed by atoms with Crippen molar-refractivity contribution < 1.29 is 0 Å². The molecular weight excluding hydrogens is 391 g/mol. The van der Waals surface area contributed by atoms with Gasteiger partial charge in [-0.1, -0.05) is 130 Å². The van der Waals surface area contributed by atoms with Crippen LogP contribution in [0.2, 0.25) is 0 Å². The minimum Gasteiger partial charge on any atom is -0.0622 e. The molecule has 152 valence electrons. The summed E-state index contributed by atoms with van der Waals surface area (Å²) in [6, 6.07) is 34.5. The molecule has 0 aromatic heterocycles. The fraction of sp³-hybridized carbons (Fsp3) is 0.0667. The second-order valence-corrected chi connectivity index (χ2v) is 9.09. The van der Waals surface area contributed by atoms with Crippen molar-refractivity contribution in [2.75, 3.05) is 0 Å². The van der Waals surface area contributed by atoms with E-state index in [1.807, 2.05) is 12.1 Å². The fourth-order valence-electron chi connectivity index (χ4n) is 3.52. The van der Waals surface area contributed by atoms with Crippen molar-refractivity contribution in [3.05, 3.63) is 130 Å². The second-order valence-electron chi connectivity index (χ2n) is 7.76. The van der Waals surface area contributed by atoms with E-state index in [1.54, 1.807) is 0 Å². The van der Waals surface area contributed by atoms with Crippen molar-refractivity contribution in [3.63, 3.8) is 0 Å². The molecule has 0 aliphatic rings. The van der Waals surface area contributed by atoms with E-state index in [2.05, 4.69) is 123 Å². The lowest BCUT2D eigenvalue weighted by molar-refractivity contribution is 1.49. The van der Waals surface area contributed by atoms with E-state index in [0.717, 1.165) is 0 Å². The van der Waals surface area contributed by atoms with Gasteiger partial charge in [0.1, 0.15) is 0 Å². The maximum absolute atomic E-state index is 2.29. The lowest BCUT2D eigenvalue weighted by Crippen LogP contribution is -2.09. The summed E-state index contributed by atoms with van der Waals surface area (Å²) in [5.41, 5.74) is 7.63. The van der Waals surface area contributed by atoms with E-state index in [1.165, 1.54) is 44.0 Å². The Labute approximate surface area is 187 Å². The van der Waals surface area contributed by atoms with E-state index in [4.69, 9.17) is 0 Å². The van der Waals surface area contributed by atoms with Gasteiger partial charge in [0.15, 0.2) is 0 Å². The van der Waals surface area contributed by atoms with Gasteiger partial charge >= 0.3 is 0 Å². The van der Waals surface area contributed by atoms with Crippen molar-refractivity contribution in [2.24, 2.45) is 0 Å².